The van der Waals surface area contributed by atoms with Gasteiger partial charge in [-0.3, -0.25) is 0 Å². The molecular weight excluding hydrogens is 272 g/mol. The second kappa shape index (κ2) is 5.58. The van der Waals surface area contributed by atoms with Gasteiger partial charge >= 0.3 is 0 Å². The highest BCUT2D eigenvalue weighted by molar-refractivity contribution is 7.98. The number of halogens is 1. The van der Waals surface area contributed by atoms with Gasteiger partial charge in [-0.15, -0.1) is 0 Å². The second-order valence-electron chi connectivity index (χ2n) is 3.72. The summed E-state index contributed by atoms with van der Waals surface area (Å²) in [6.45, 7) is 4.40. The first-order valence-electron chi connectivity index (χ1n) is 5.34. The molecule has 2 aromatic heterocycles. The highest BCUT2D eigenvalue weighted by atomic mass is 35.5. The highest BCUT2D eigenvalue weighted by Crippen LogP contribution is 2.19. The molecule has 0 amide bonds. The minimum atomic E-state index is 0.426. The Hall–Kier alpha value is -1.27. The van der Waals surface area contributed by atoms with E-state index in [1.54, 1.807) is 6.07 Å². The van der Waals surface area contributed by atoms with E-state index in [0.717, 1.165) is 17.0 Å². The Kier molecular flexibility index (Phi) is 4.08. The number of hydrogen-bond donors (Lipinski definition) is 1. The van der Waals surface area contributed by atoms with E-state index in [4.69, 9.17) is 16.1 Å². The molecule has 0 radical (unpaired) electrons. The van der Waals surface area contributed by atoms with E-state index in [1.807, 2.05) is 20.1 Å². The summed E-state index contributed by atoms with van der Waals surface area (Å²) in [6.07, 6.45) is 1.91. The minimum Gasteiger partial charge on any atom is -0.366 e. The van der Waals surface area contributed by atoms with Crippen molar-refractivity contribution in [2.75, 3.05) is 11.6 Å². The van der Waals surface area contributed by atoms with Gasteiger partial charge in [0.1, 0.15) is 16.7 Å². The maximum atomic E-state index is 5.92. The third-order valence-electron chi connectivity index (χ3n) is 2.48. The van der Waals surface area contributed by atoms with Gasteiger partial charge < -0.3 is 9.84 Å². The molecule has 0 saturated carbocycles. The van der Waals surface area contributed by atoms with Crippen LogP contribution in [-0.4, -0.2) is 21.4 Å². The number of aryl methyl sites for hydroxylation is 2. The molecule has 18 heavy (non-hydrogen) atoms. The molecule has 5 nitrogen and oxygen atoms in total. The summed E-state index contributed by atoms with van der Waals surface area (Å²) in [5, 5.41) is 8.17. The molecule has 0 atom stereocenters. The first-order valence-corrected chi connectivity index (χ1v) is 6.94. The Morgan fingerprint density at radius 1 is 1.39 bits per heavy atom. The van der Waals surface area contributed by atoms with E-state index in [-0.39, 0.29) is 0 Å². The van der Waals surface area contributed by atoms with Crippen molar-refractivity contribution < 1.29 is 4.52 Å². The second-order valence-corrected chi connectivity index (χ2v) is 4.88. The first kappa shape index (κ1) is 13.2. The van der Waals surface area contributed by atoms with Gasteiger partial charge in [-0.2, -0.15) is 0 Å². The fourth-order valence-corrected chi connectivity index (χ4v) is 2.12. The van der Waals surface area contributed by atoms with Crippen LogP contribution in [0.3, 0.4) is 0 Å². The van der Waals surface area contributed by atoms with Gasteiger partial charge in [0.25, 0.3) is 0 Å². The first-order chi connectivity index (χ1) is 8.60. The summed E-state index contributed by atoms with van der Waals surface area (Å²) in [5.41, 5.74) is 1.92. The number of thioether (sulfide) groups is 1. The van der Waals surface area contributed by atoms with E-state index in [9.17, 15) is 0 Å². The zero-order valence-electron chi connectivity index (χ0n) is 10.3. The lowest BCUT2D eigenvalue weighted by Gasteiger charge is -2.06. The Morgan fingerprint density at radius 2 is 2.17 bits per heavy atom. The summed E-state index contributed by atoms with van der Waals surface area (Å²) in [5.74, 6) is 1.50. The topological polar surface area (TPSA) is 63.8 Å². The summed E-state index contributed by atoms with van der Waals surface area (Å²) in [7, 11) is 0. The number of anilines is 1. The Bertz CT molecular complexity index is 538. The van der Waals surface area contributed by atoms with Crippen LogP contribution in [0.1, 0.15) is 17.0 Å². The van der Waals surface area contributed by atoms with Crippen LogP contribution >= 0.6 is 23.4 Å². The van der Waals surface area contributed by atoms with E-state index in [1.165, 1.54) is 11.8 Å². The molecule has 0 saturated heterocycles. The lowest BCUT2D eigenvalue weighted by atomic mass is 10.2. The molecule has 0 fully saturated rings. The van der Waals surface area contributed by atoms with Gasteiger partial charge in [0, 0.05) is 18.2 Å². The molecule has 0 bridgehead atoms. The van der Waals surface area contributed by atoms with Gasteiger partial charge in [0.2, 0.25) is 0 Å². The normalized spacial score (nSPS) is 10.7. The molecule has 0 aromatic carbocycles. The molecule has 96 valence electrons. The largest absolute Gasteiger partial charge is 0.366 e. The zero-order chi connectivity index (χ0) is 13.1. The molecule has 0 aliphatic rings. The van der Waals surface area contributed by atoms with Crippen molar-refractivity contribution in [2.45, 2.75) is 25.5 Å². The third kappa shape index (κ3) is 2.94. The average Bonchev–Trinajstić information content (AvgIpc) is 2.66. The van der Waals surface area contributed by atoms with Crippen LogP contribution in [0.2, 0.25) is 5.15 Å². The van der Waals surface area contributed by atoms with Gasteiger partial charge in [0.05, 0.1) is 5.69 Å². The standard InChI is InChI=1S/C11H13ClN4OS/c1-6-8(7(2)17-16-6)5-13-10-4-9(12)14-11(15-10)18-3/h4H,5H2,1-3H3,(H,13,14,15). The Balaban J connectivity index is 2.13. The maximum absolute atomic E-state index is 5.92. The molecule has 0 spiro atoms. The average molecular weight is 285 g/mol. The summed E-state index contributed by atoms with van der Waals surface area (Å²) in [6, 6.07) is 1.69. The highest BCUT2D eigenvalue weighted by Gasteiger charge is 2.09. The third-order valence-corrected chi connectivity index (χ3v) is 3.23. The molecule has 2 heterocycles. The minimum absolute atomic E-state index is 0.426. The van der Waals surface area contributed by atoms with Crippen LogP contribution in [0.25, 0.3) is 0 Å². The van der Waals surface area contributed by atoms with E-state index < -0.39 is 0 Å². The Morgan fingerprint density at radius 3 is 2.78 bits per heavy atom. The summed E-state index contributed by atoms with van der Waals surface area (Å²) in [4.78, 5) is 8.39. The van der Waals surface area contributed by atoms with Gasteiger partial charge in [-0.1, -0.05) is 28.5 Å². The predicted octanol–water partition coefficient (Wildman–Crippen LogP) is 3.07. The van der Waals surface area contributed by atoms with Crippen molar-refractivity contribution in [2.24, 2.45) is 0 Å². The molecule has 2 aromatic rings. The van der Waals surface area contributed by atoms with Crippen molar-refractivity contribution in [1.82, 2.24) is 15.1 Å². The monoisotopic (exact) mass is 284 g/mol. The van der Waals surface area contributed by atoms with Crippen molar-refractivity contribution >= 4 is 29.2 Å². The maximum Gasteiger partial charge on any atom is 0.190 e. The summed E-state index contributed by atoms with van der Waals surface area (Å²) < 4.78 is 5.10. The molecule has 0 unspecified atom stereocenters. The molecule has 0 aliphatic carbocycles. The van der Waals surface area contributed by atoms with Crippen molar-refractivity contribution in [3.63, 3.8) is 0 Å². The fraction of sp³-hybridized carbons (Fsp3) is 0.364. The van der Waals surface area contributed by atoms with Crippen LogP contribution in [0.4, 0.5) is 5.82 Å². The van der Waals surface area contributed by atoms with Crippen molar-refractivity contribution in [3.8, 4) is 0 Å². The molecule has 7 heteroatoms. The van der Waals surface area contributed by atoms with E-state index >= 15 is 0 Å². The Labute approximate surface area is 114 Å². The van der Waals surface area contributed by atoms with Gasteiger partial charge in [0.15, 0.2) is 5.16 Å². The van der Waals surface area contributed by atoms with E-state index in [2.05, 4.69) is 20.4 Å². The molecule has 2 rings (SSSR count). The van der Waals surface area contributed by atoms with Crippen LogP contribution in [0.5, 0.6) is 0 Å². The van der Waals surface area contributed by atoms with Gasteiger partial charge in [-0.25, -0.2) is 9.97 Å². The van der Waals surface area contributed by atoms with Crippen molar-refractivity contribution in [3.05, 3.63) is 28.2 Å². The number of aromatic nitrogens is 3. The van der Waals surface area contributed by atoms with Crippen LogP contribution in [-0.2, 0) is 6.54 Å². The van der Waals surface area contributed by atoms with Crippen LogP contribution in [0, 0.1) is 13.8 Å². The van der Waals surface area contributed by atoms with E-state index in [0.29, 0.717) is 22.7 Å². The number of hydrogen-bond acceptors (Lipinski definition) is 6. The fourth-order valence-electron chi connectivity index (χ4n) is 1.51. The van der Waals surface area contributed by atoms with Crippen molar-refractivity contribution in [1.29, 1.82) is 0 Å². The number of rotatable bonds is 4. The van der Waals surface area contributed by atoms with Crippen LogP contribution in [0.15, 0.2) is 15.7 Å². The van der Waals surface area contributed by atoms with Gasteiger partial charge in [-0.05, 0) is 20.1 Å². The number of nitrogens with one attached hydrogen (secondary N) is 1. The van der Waals surface area contributed by atoms with Crippen LogP contribution < -0.4 is 5.32 Å². The smallest absolute Gasteiger partial charge is 0.190 e. The quantitative estimate of drug-likeness (QED) is 0.529. The zero-order valence-corrected chi connectivity index (χ0v) is 11.9. The lowest BCUT2D eigenvalue weighted by Crippen LogP contribution is -2.04. The lowest BCUT2D eigenvalue weighted by molar-refractivity contribution is 0.392. The SMILES string of the molecule is CSc1nc(Cl)cc(NCc2c(C)noc2C)n1. The predicted molar refractivity (Wildman–Crippen MR) is 72.1 cm³/mol. The molecule has 0 aliphatic heterocycles. The number of nitrogens with zero attached hydrogens (tertiary/aromatic N) is 3. The summed E-state index contributed by atoms with van der Waals surface area (Å²) >= 11 is 7.37. The molecule has 1 N–H and O–H groups in total. The molecular formula is C11H13ClN4OS.